The zero-order valence-electron chi connectivity index (χ0n) is 23.9. The molecule has 0 radical (unpaired) electrons. The molecule has 0 unspecified atom stereocenters. The van der Waals surface area contributed by atoms with E-state index in [0.717, 1.165) is 66.2 Å². The smallest absolute Gasteiger partial charge is 0.286 e. The number of amides is 1. The van der Waals surface area contributed by atoms with Gasteiger partial charge in [-0.1, -0.05) is 74.0 Å². The van der Waals surface area contributed by atoms with Crippen LogP contribution in [0.2, 0.25) is 0 Å². The van der Waals surface area contributed by atoms with E-state index in [-0.39, 0.29) is 5.91 Å². The quantitative estimate of drug-likeness (QED) is 0.116. The number of hydrogen-bond donors (Lipinski definition) is 0. The van der Waals surface area contributed by atoms with Crippen LogP contribution < -0.4 is 0 Å². The molecule has 3 heterocycles. The molecule has 42 heavy (non-hydrogen) atoms. The Balaban J connectivity index is 1.19. The number of nitrogens with zero attached hydrogens (tertiary/aromatic N) is 5. The van der Waals surface area contributed by atoms with Crippen LogP contribution in [0.15, 0.2) is 106 Å². The number of benzene rings is 3. The molecule has 6 nitrogen and oxygen atoms in total. The van der Waals surface area contributed by atoms with E-state index < -0.39 is 0 Å². The lowest BCUT2D eigenvalue weighted by Gasteiger charge is -2.35. The number of thioether (sulfide) groups is 2. The number of hydrogen-bond acceptors (Lipinski definition) is 6. The predicted octanol–water partition coefficient (Wildman–Crippen LogP) is 7.22. The average Bonchev–Trinajstić information content (AvgIpc) is 3.62. The molecular weight excluding hydrogens is 559 g/mol. The van der Waals surface area contributed by atoms with Crippen LogP contribution >= 0.6 is 23.5 Å². The summed E-state index contributed by atoms with van der Waals surface area (Å²) in [5, 5.41) is 5.77. The molecule has 0 aliphatic carbocycles. The van der Waals surface area contributed by atoms with Crippen LogP contribution in [0.25, 0.3) is 23.0 Å². The number of piperazine rings is 1. The van der Waals surface area contributed by atoms with E-state index in [4.69, 9.17) is 5.10 Å². The van der Waals surface area contributed by atoms with Crippen molar-refractivity contribution < 1.29 is 4.79 Å². The summed E-state index contributed by atoms with van der Waals surface area (Å²) < 4.78 is 1.89. The summed E-state index contributed by atoms with van der Waals surface area (Å²) in [6, 6.07) is 29.3. The first kappa shape index (κ1) is 28.5. The summed E-state index contributed by atoms with van der Waals surface area (Å²) >= 11 is 3.36. The van der Waals surface area contributed by atoms with E-state index in [9.17, 15) is 4.79 Å². The number of amidine groups is 1. The van der Waals surface area contributed by atoms with Crippen molar-refractivity contribution >= 4 is 40.7 Å². The maximum atomic E-state index is 13.1. The Morgan fingerprint density at radius 3 is 2.33 bits per heavy atom. The molecule has 4 aromatic rings. The van der Waals surface area contributed by atoms with Gasteiger partial charge in [0.05, 0.1) is 16.3 Å². The molecule has 1 fully saturated rings. The summed E-state index contributed by atoms with van der Waals surface area (Å²) in [4.78, 5) is 24.2. The Bertz CT molecular complexity index is 1560. The second-order valence-corrected chi connectivity index (χ2v) is 12.7. The van der Waals surface area contributed by atoms with Gasteiger partial charge < -0.3 is 4.90 Å². The van der Waals surface area contributed by atoms with Gasteiger partial charge in [0.2, 0.25) is 0 Å². The molecule has 2 aliphatic heterocycles. The highest BCUT2D eigenvalue weighted by Gasteiger charge is 2.29. The van der Waals surface area contributed by atoms with Crippen molar-refractivity contribution in [2.45, 2.75) is 31.2 Å². The largest absolute Gasteiger partial charge is 0.348 e. The number of aromatic nitrogens is 2. The highest BCUT2D eigenvalue weighted by molar-refractivity contribution is 8.18. The average molecular weight is 594 g/mol. The summed E-state index contributed by atoms with van der Waals surface area (Å²) in [6.45, 7) is 6.78. The zero-order chi connectivity index (χ0) is 28.7. The molecule has 214 valence electrons. The number of carbonyl (C=O) groups is 1. The lowest BCUT2D eigenvalue weighted by Crippen LogP contribution is -2.47. The molecule has 3 aromatic carbocycles. The van der Waals surface area contributed by atoms with Crippen molar-refractivity contribution in [3.63, 3.8) is 0 Å². The Morgan fingerprint density at radius 2 is 1.62 bits per heavy atom. The molecular formula is C34H35N5OS2. The highest BCUT2D eigenvalue weighted by Crippen LogP contribution is 2.34. The Kier molecular flexibility index (Phi) is 9.23. The van der Waals surface area contributed by atoms with Gasteiger partial charge in [-0.05, 0) is 59.8 Å². The minimum atomic E-state index is -0.178. The molecule has 0 spiro atoms. The lowest BCUT2D eigenvalue weighted by molar-refractivity contribution is -0.113. The fourth-order valence-electron chi connectivity index (χ4n) is 5.09. The second-order valence-electron chi connectivity index (χ2n) is 10.5. The minimum absolute atomic E-state index is 0.178. The van der Waals surface area contributed by atoms with Crippen molar-refractivity contribution in [2.24, 2.45) is 4.99 Å². The van der Waals surface area contributed by atoms with Gasteiger partial charge in [0, 0.05) is 54.9 Å². The monoisotopic (exact) mass is 593 g/mol. The van der Waals surface area contributed by atoms with Crippen molar-refractivity contribution in [2.75, 3.05) is 31.9 Å². The first-order valence-corrected chi connectivity index (χ1v) is 16.4. The van der Waals surface area contributed by atoms with Gasteiger partial charge in [0.1, 0.15) is 0 Å². The third-order valence-electron chi connectivity index (χ3n) is 7.45. The van der Waals surface area contributed by atoms with E-state index in [2.05, 4.69) is 76.3 Å². The Labute approximate surface area is 256 Å². The van der Waals surface area contributed by atoms with Gasteiger partial charge in [-0.3, -0.25) is 9.69 Å². The maximum absolute atomic E-state index is 13.1. The fourth-order valence-corrected chi connectivity index (χ4v) is 7.04. The lowest BCUT2D eigenvalue weighted by atomic mass is 10.1. The topological polar surface area (TPSA) is 53.7 Å². The van der Waals surface area contributed by atoms with Crippen LogP contribution in [0.3, 0.4) is 0 Å². The molecule has 0 atom stereocenters. The van der Waals surface area contributed by atoms with Crippen LogP contribution in [-0.4, -0.2) is 62.6 Å². The van der Waals surface area contributed by atoms with E-state index in [1.807, 2.05) is 59.0 Å². The number of aliphatic imine (C=N–C) groups is 1. The first-order valence-electron chi connectivity index (χ1n) is 14.6. The Morgan fingerprint density at radius 1 is 0.905 bits per heavy atom. The second kappa shape index (κ2) is 13.6. The third kappa shape index (κ3) is 6.89. The van der Waals surface area contributed by atoms with Gasteiger partial charge in [-0.25, -0.2) is 4.68 Å². The summed E-state index contributed by atoms with van der Waals surface area (Å²) in [6.07, 6.45) is 6.38. The van der Waals surface area contributed by atoms with Gasteiger partial charge in [0.25, 0.3) is 5.91 Å². The van der Waals surface area contributed by atoms with Crippen molar-refractivity contribution in [3.8, 4) is 16.9 Å². The predicted molar refractivity (Wildman–Crippen MR) is 176 cm³/mol. The molecule has 0 saturated carbocycles. The summed E-state index contributed by atoms with van der Waals surface area (Å²) in [7, 11) is 0. The standard InChI is InChI=1S/C34H35N5OS2/c1-2-3-22-41-30-16-14-27(15-17-30)32-28(25-39(36-32)29-12-8-5-9-13-29)23-31-33(40)35-34(42-31)38-20-18-37(19-21-38)24-26-10-6-4-7-11-26/h4-17,23,25H,2-3,18-22,24H2,1H3/b31-23-. The zero-order valence-corrected chi connectivity index (χ0v) is 25.5. The van der Waals surface area contributed by atoms with E-state index in [1.165, 1.54) is 35.1 Å². The summed E-state index contributed by atoms with van der Waals surface area (Å²) in [5.74, 6) is 0.947. The third-order valence-corrected chi connectivity index (χ3v) is 9.59. The van der Waals surface area contributed by atoms with Gasteiger partial charge >= 0.3 is 0 Å². The normalized spacial score (nSPS) is 16.8. The molecule has 1 aromatic heterocycles. The number of unbranched alkanes of at least 4 members (excludes halogenated alkanes) is 1. The van der Waals surface area contributed by atoms with Crippen molar-refractivity contribution in [3.05, 3.63) is 107 Å². The SMILES string of the molecule is CCCCSc1ccc(-c2nn(-c3ccccc3)cc2/C=C2\SC(N3CCN(Cc4ccccc4)CC3)=NC2=O)cc1. The van der Waals surface area contributed by atoms with Gasteiger partial charge in [-0.2, -0.15) is 10.1 Å². The van der Waals surface area contributed by atoms with Crippen LogP contribution in [0.5, 0.6) is 0 Å². The Hall–Kier alpha value is -3.59. The number of carbonyl (C=O) groups excluding carboxylic acids is 1. The minimum Gasteiger partial charge on any atom is -0.348 e. The molecule has 0 bridgehead atoms. The van der Waals surface area contributed by atoms with Crippen molar-refractivity contribution in [1.29, 1.82) is 0 Å². The van der Waals surface area contributed by atoms with Crippen LogP contribution in [0.4, 0.5) is 0 Å². The maximum Gasteiger partial charge on any atom is 0.286 e. The fraction of sp³-hybridized carbons (Fsp3) is 0.265. The number of rotatable bonds is 9. The molecule has 1 amide bonds. The molecule has 6 rings (SSSR count). The molecule has 8 heteroatoms. The van der Waals surface area contributed by atoms with Crippen molar-refractivity contribution in [1.82, 2.24) is 19.6 Å². The molecule has 2 aliphatic rings. The van der Waals surface area contributed by atoms with E-state index >= 15 is 0 Å². The van der Waals surface area contributed by atoms with E-state index in [1.54, 1.807) is 0 Å². The molecule has 1 saturated heterocycles. The van der Waals surface area contributed by atoms with E-state index in [0.29, 0.717) is 4.91 Å². The van der Waals surface area contributed by atoms with Crippen LogP contribution in [0, 0.1) is 0 Å². The van der Waals surface area contributed by atoms with Gasteiger partial charge in [0.15, 0.2) is 5.17 Å². The van der Waals surface area contributed by atoms with Crippen LogP contribution in [0.1, 0.15) is 30.9 Å². The highest BCUT2D eigenvalue weighted by atomic mass is 32.2. The number of para-hydroxylation sites is 1. The van der Waals surface area contributed by atoms with Crippen LogP contribution in [-0.2, 0) is 11.3 Å². The first-order chi connectivity index (χ1) is 20.7. The summed E-state index contributed by atoms with van der Waals surface area (Å²) in [5.41, 5.74) is 5.10. The molecule has 0 N–H and O–H groups in total. The van der Waals surface area contributed by atoms with Gasteiger partial charge in [-0.15, -0.1) is 11.8 Å².